The van der Waals surface area contributed by atoms with E-state index in [0.717, 1.165) is 25.1 Å². The molecule has 158 valence electrons. The molecule has 0 aromatic heterocycles. The number of benzene rings is 1. The molecule has 1 aromatic rings. The van der Waals surface area contributed by atoms with E-state index >= 15 is 0 Å². The Morgan fingerprint density at radius 1 is 1.25 bits per heavy atom. The first-order chi connectivity index (χ1) is 13.1. The van der Waals surface area contributed by atoms with Crippen LogP contribution in [-0.4, -0.2) is 57.2 Å². The molecule has 0 spiro atoms. The Kier molecular flexibility index (Phi) is 11.4. The van der Waals surface area contributed by atoms with E-state index in [1.807, 2.05) is 42.2 Å². The summed E-state index contributed by atoms with van der Waals surface area (Å²) in [6, 6.07) is 10.1. The normalized spacial score (nSPS) is 15.2. The summed E-state index contributed by atoms with van der Waals surface area (Å²) in [4.78, 5) is 18.7. The van der Waals surface area contributed by atoms with Crippen molar-refractivity contribution in [1.29, 1.82) is 0 Å². The molecule has 1 aromatic carbocycles. The van der Waals surface area contributed by atoms with Gasteiger partial charge in [-0.05, 0) is 37.2 Å². The highest BCUT2D eigenvalue weighted by Crippen LogP contribution is 2.43. The minimum absolute atomic E-state index is 0. The molecule has 28 heavy (non-hydrogen) atoms. The molecule has 7 heteroatoms. The molecule has 0 saturated heterocycles. The highest BCUT2D eigenvalue weighted by atomic mass is 127. The molecule has 0 radical (unpaired) electrons. The number of halogens is 1. The molecule has 1 amide bonds. The topological polar surface area (TPSA) is 66.0 Å². The van der Waals surface area contributed by atoms with Gasteiger partial charge in [-0.25, -0.2) is 0 Å². The van der Waals surface area contributed by atoms with Crippen LogP contribution in [0.3, 0.4) is 0 Å². The van der Waals surface area contributed by atoms with Crippen LogP contribution in [0.15, 0.2) is 35.3 Å². The third-order valence-corrected chi connectivity index (χ3v) is 5.46. The number of carbonyl (C=O) groups excluding carboxylic acids is 1. The number of ether oxygens (including phenoxy) is 1. The van der Waals surface area contributed by atoms with Crippen molar-refractivity contribution in [3.05, 3.63) is 35.9 Å². The summed E-state index contributed by atoms with van der Waals surface area (Å²) in [6.07, 6.45) is 4.79. The maximum absolute atomic E-state index is 12.6. The maximum Gasteiger partial charge on any atom is 0.242 e. The molecule has 0 aliphatic heterocycles. The van der Waals surface area contributed by atoms with Crippen LogP contribution in [0.1, 0.15) is 38.2 Å². The number of hydrogen-bond acceptors (Lipinski definition) is 3. The van der Waals surface area contributed by atoms with Crippen molar-refractivity contribution in [2.24, 2.45) is 10.4 Å². The molecule has 0 atom stereocenters. The van der Waals surface area contributed by atoms with Gasteiger partial charge in [0.05, 0.1) is 6.54 Å². The second-order valence-corrected chi connectivity index (χ2v) is 7.27. The van der Waals surface area contributed by atoms with Crippen LogP contribution < -0.4 is 10.6 Å². The van der Waals surface area contributed by atoms with Gasteiger partial charge in [0.25, 0.3) is 0 Å². The molecule has 1 fully saturated rings. The highest BCUT2D eigenvalue weighted by molar-refractivity contribution is 14.0. The van der Waals surface area contributed by atoms with E-state index in [2.05, 4.69) is 15.6 Å². The number of carbonyl (C=O) groups is 1. The van der Waals surface area contributed by atoms with E-state index in [0.29, 0.717) is 24.5 Å². The third-order valence-electron chi connectivity index (χ3n) is 5.46. The lowest BCUT2D eigenvalue weighted by atomic mass is 9.67. The lowest BCUT2D eigenvalue weighted by Crippen LogP contribution is -2.49. The second kappa shape index (κ2) is 13.0. The number of amides is 1. The van der Waals surface area contributed by atoms with Gasteiger partial charge in [-0.3, -0.25) is 9.79 Å². The molecule has 0 unspecified atom stereocenters. The minimum atomic E-state index is 0. The first-order valence-electron chi connectivity index (χ1n) is 9.87. The first-order valence-corrected chi connectivity index (χ1v) is 9.87. The zero-order chi connectivity index (χ0) is 19.5. The number of rotatable bonds is 10. The summed E-state index contributed by atoms with van der Waals surface area (Å²) in [7, 11) is 3.49. The summed E-state index contributed by atoms with van der Waals surface area (Å²) >= 11 is 0. The Bertz CT molecular complexity index is 606. The lowest BCUT2D eigenvalue weighted by molar-refractivity contribution is -0.130. The molecule has 2 N–H and O–H groups in total. The Balaban J connectivity index is 0.00000392. The maximum atomic E-state index is 12.6. The first kappa shape index (κ1) is 24.7. The number of aliphatic imine (C=N–C) groups is 1. The molecule has 0 heterocycles. The van der Waals surface area contributed by atoms with Gasteiger partial charge in [-0.15, -0.1) is 24.0 Å². The van der Waals surface area contributed by atoms with Crippen molar-refractivity contribution in [3.63, 3.8) is 0 Å². The largest absolute Gasteiger partial charge is 0.385 e. The Hall–Kier alpha value is -1.35. The van der Waals surface area contributed by atoms with Crippen LogP contribution in [0.4, 0.5) is 0 Å². The van der Waals surface area contributed by atoms with E-state index in [4.69, 9.17) is 4.74 Å². The van der Waals surface area contributed by atoms with E-state index in [9.17, 15) is 4.79 Å². The SMILES string of the molecule is CCN(Cc1ccccc1)C(=O)CNC(=NC)NCC1(CCOC)CCC1.I. The smallest absolute Gasteiger partial charge is 0.242 e. The van der Waals surface area contributed by atoms with Crippen molar-refractivity contribution in [1.82, 2.24) is 15.5 Å². The van der Waals surface area contributed by atoms with Gasteiger partial charge < -0.3 is 20.3 Å². The fourth-order valence-electron chi connectivity index (χ4n) is 3.45. The van der Waals surface area contributed by atoms with Gasteiger partial charge in [0.15, 0.2) is 5.96 Å². The average molecular weight is 502 g/mol. The molecule has 0 bridgehead atoms. The van der Waals surface area contributed by atoms with E-state index in [1.165, 1.54) is 19.3 Å². The number of hydrogen-bond donors (Lipinski definition) is 2. The Morgan fingerprint density at radius 3 is 2.50 bits per heavy atom. The van der Waals surface area contributed by atoms with Gasteiger partial charge in [0, 0.05) is 40.4 Å². The predicted octanol–water partition coefficient (Wildman–Crippen LogP) is 3.02. The van der Waals surface area contributed by atoms with Gasteiger partial charge >= 0.3 is 0 Å². The zero-order valence-electron chi connectivity index (χ0n) is 17.4. The van der Waals surface area contributed by atoms with Crippen LogP contribution >= 0.6 is 24.0 Å². The lowest BCUT2D eigenvalue weighted by Gasteiger charge is -2.42. The van der Waals surface area contributed by atoms with Crippen LogP contribution in [0.5, 0.6) is 0 Å². The van der Waals surface area contributed by atoms with Crippen molar-refractivity contribution in [2.45, 2.75) is 39.2 Å². The predicted molar refractivity (Wildman–Crippen MR) is 125 cm³/mol. The molecule has 2 rings (SSSR count). The molecule has 6 nitrogen and oxygen atoms in total. The van der Waals surface area contributed by atoms with Crippen molar-refractivity contribution < 1.29 is 9.53 Å². The van der Waals surface area contributed by atoms with Crippen molar-refractivity contribution in [3.8, 4) is 0 Å². The number of methoxy groups -OCH3 is 1. The quantitative estimate of drug-likeness (QED) is 0.293. The molecular formula is C21H35IN4O2. The molecule has 1 saturated carbocycles. The van der Waals surface area contributed by atoms with Crippen LogP contribution in [0.25, 0.3) is 0 Å². The van der Waals surface area contributed by atoms with Gasteiger partial charge in [0.2, 0.25) is 5.91 Å². The fraction of sp³-hybridized carbons (Fsp3) is 0.619. The minimum Gasteiger partial charge on any atom is -0.385 e. The molecular weight excluding hydrogens is 467 g/mol. The monoisotopic (exact) mass is 502 g/mol. The van der Waals surface area contributed by atoms with Gasteiger partial charge in [-0.2, -0.15) is 0 Å². The summed E-state index contributed by atoms with van der Waals surface area (Å²) in [5, 5.41) is 6.56. The Morgan fingerprint density at radius 2 is 1.96 bits per heavy atom. The van der Waals surface area contributed by atoms with Crippen LogP contribution in [0.2, 0.25) is 0 Å². The van der Waals surface area contributed by atoms with Crippen molar-refractivity contribution >= 4 is 35.8 Å². The number of likely N-dealkylation sites (N-methyl/N-ethyl adjacent to an activating group) is 1. The van der Waals surface area contributed by atoms with E-state index < -0.39 is 0 Å². The zero-order valence-corrected chi connectivity index (χ0v) is 19.7. The van der Waals surface area contributed by atoms with E-state index in [-0.39, 0.29) is 36.4 Å². The third kappa shape index (κ3) is 7.58. The van der Waals surface area contributed by atoms with Gasteiger partial charge in [0.1, 0.15) is 0 Å². The number of nitrogens with zero attached hydrogens (tertiary/aromatic N) is 2. The molecule has 1 aliphatic rings. The number of guanidine groups is 1. The standard InChI is InChI=1S/C21H34N4O2.HI/c1-4-25(16-18-9-6-5-7-10-18)19(26)15-23-20(22-2)24-17-21(11-8-12-21)13-14-27-3;/h5-7,9-10H,4,8,11-17H2,1-3H3,(H2,22,23,24);1H. The molecule has 1 aliphatic carbocycles. The average Bonchev–Trinajstić information content (AvgIpc) is 2.67. The summed E-state index contributed by atoms with van der Waals surface area (Å²) < 4.78 is 5.25. The van der Waals surface area contributed by atoms with Crippen LogP contribution in [-0.2, 0) is 16.1 Å². The highest BCUT2D eigenvalue weighted by Gasteiger charge is 2.36. The van der Waals surface area contributed by atoms with Crippen LogP contribution in [0, 0.1) is 5.41 Å². The Labute approximate surface area is 186 Å². The number of nitrogens with one attached hydrogen (secondary N) is 2. The summed E-state index contributed by atoms with van der Waals surface area (Å²) in [5.74, 6) is 0.754. The second-order valence-electron chi connectivity index (χ2n) is 7.27. The fourth-order valence-corrected chi connectivity index (χ4v) is 3.45. The van der Waals surface area contributed by atoms with Crippen molar-refractivity contribution in [2.75, 3.05) is 40.4 Å². The van der Waals surface area contributed by atoms with E-state index in [1.54, 1.807) is 14.2 Å². The summed E-state index contributed by atoms with van der Waals surface area (Å²) in [6.45, 7) is 5.21. The van der Waals surface area contributed by atoms with Gasteiger partial charge in [-0.1, -0.05) is 36.8 Å². The summed E-state index contributed by atoms with van der Waals surface area (Å²) in [5.41, 5.74) is 1.45.